The predicted octanol–water partition coefficient (Wildman–Crippen LogP) is 2.74. The zero-order valence-corrected chi connectivity index (χ0v) is 9.14. The van der Waals surface area contributed by atoms with Crippen molar-refractivity contribution in [2.24, 2.45) is 5.73 Å². The van der Waals surface area contributed by atoms with E-state index in [1.54, 1.807) is 0 Å². The average molecular weight is 238 g/mol. The fourth-order valence-corrected chi connectivity index (χ4v) is 2.00. The van der Waals surface area contributed by atoms with E-state index in [1.165, 1.54) is 16.7 Å². The van der Waals surface area contributed by atoms with E-state index in [1.807, 2.05) is 6.92 Å². The third-order valence-electron chi connectivity index (χ3n) is 2.43. The molecule has 0 heterocycles. The van der Waals surface area contributed by atoms with Crippen LogP contribution in [0, 0.1) is 0 Å². The molecule has 1 aromatic carbocycles. The van der Waals surface area contributed by atoms with Crippen LogP contribution in [0.25, 0.3) is 6.08 Å². The van der Waals surface area contributed by atoms with Gasteiger partial charge in [0.2, 0.25) is 0 Å². The van der Waals surface area contributed by atoms with E-state index in [0.29, 0.717) is 0 Å². The Balaban J connectivity index is 2.38. The van der Waals surface area contributed by atoms with Gasteiger partial charge in [-0.3, -0.25) is 0 Å². The van der Waals surface area contributed by atoms with E-state index >= 15 is 0 Å². The van der Waals surface area contributed by atoms with Crippen molar-refractivity contribution in [2.45, 2.75) is 19.4 Å². The average Bonchev–Trinajstić information content (AvgIpc) is 2.46. The molecule has 68 valence electrons. The highest BCUT2D eigenvalue weighted by atomic mass is 79.9. The van der Waals surface area contributed by atoms with E-state index in [-0.39, 0.29) is 6.04 Å². The van der Waals surface area contributed by atoms with Gasteiger partial charge in [0.15, 0.2) is 0 Å². The summed E-state index contributed by atoms with van der Waals surface area (Å²) in [4.78, 5) is 0. The molecule has 1 aliphatic rings. The second-order valence-electron chi connectivity index (χ2n) is 3.53. The van der Waals surface area contributed by atoms with Crippen molar-refractivity contribution in [2.75, 3.05) is 0 Å². The number of benzene rings is 1. The summed E-state index contributed by atoms with van der Waals surface area (Å²) in [6, 6.07) is 6.55. The Labute approximate surface area is 86.8 Å². The highest BCUT2D eigenvalue weighted by Crippen LogP contribution is 2.28. The monoisotopic (exact) mass is 237 g/mol. The standard InChI is InChI=1S/C11H12BrN/c1-7(13)9-4-8-2-3-11(12)6-10(8)5-9/h2-3,5-7H,4,13H2,1H3. The summed E-state index contributed by atoms with van der Waals surface area (Å²) in [6.45, 7) is 2.03. The maximum atomic E-state index is 5.84. The fraction of sp³-hybridized carbons (Fsp3) is 0.273. The van der Waals surface area contributed by atoms with Gasteiger partial charge in [0.05, 0.1) is 0 Å². The topological polar surface area (TPSA) is 26.0 Å². The summed E-state index contributed by atoms with van der Waals surface area (Å²) < 4.78 is 1.13. The first kappa shape index (κ1) is 8.97. The fourth-order valence-electron chi connectivity index (χ4n) is 1.62. The number of nitrogens with two attached hydrogens (primary N) is 1. The van der Waals surface area contributed by atoms with Crippen molar-refractivity contribution in [1.82, 2.24) is 0 Å². The molecule has 2 N–H and O–H groups in total. The van der Waals surface area contributed by atoms with Crippen LogP contribution in [-0.4, -0.2) is 6.04 Å². The highest BCUT2D eigenvalue weighted by Gasteiger charge is 2.14. The number of hydrogen-bond donors (Lipinski definition) is 1. The Morgan fingerprint density at radius 1 is 1.46 bits per heavy atom. The van der Waals surface area contributed by atoms with Gasteiger partial charge < -0.3 is 5.73 Å². The van der Waals surface area contributed by atoms with Crippen LogP contribution in [0.4, 0.5) is 0 Å². The van der Waals surface area contributed by atoms with Crippen LogP contribution in [-0.2, 0) is 6.42 Å². The molecule has 1 aliphatic carbocycles. The Morgan fingerprint density at radius 2 is 2.23 bits per heavy atom. The first-order valence-corrected chi connectivity index (χ1v) is 5.20. The van der Waals surface area contributed by atoms with Crippen molar-refractivity contribution in [3.63, 3.8) is 0 Å². The quantitative estimate of drug-likeness (QED) is 0.799. The van der Waals surface area contributed by atoms with Crippen LogP contribution in [0.1, 0.15) is 18.1 Å². The molecule has 0 amide bonds. The molecule has 0 aliphatic heterocycles. The number of hydrogen-bond acceptors (Lipinski definition) is 1. The third kappa shape index (κ3) is 1.69. The van der Waals surface area contributed by atoms with E-state index in [4.69, 9.17) is 5.73 Å². The van der Waals surface area contributed by atoms with Crippen molar-refractivity contribution in [3.05, 3.63) is 39.4 Å². The van der Waals surface area contributed by atoms with Crippen molar-refractivity contribution in [1.29, 1.82) is 0 Å². The van der Waals surface area contributed by atoms with Crippen LogP contribution in [0.5, 0.6) is 0 Å². The third-order valence-corrected chi connectivity index (χ3v) is 2.92. The van der Waals surface area contributed by atoms with Crippen molar-refractivity contribution in [3.8, 4) is 0 Å². The van der Waals surface area contributed by atoms with E-state index < -0.39 is 0 Å². The predicted molar refractivity (Wildman–Crippen MR) is 59.5 cm³/mol. The smallest absolute Gasteiger partial charge is 0.0231 e. The summed E-state index contributed by atoms with van der Waals surface area (Å²) >= 11 is 3.46. The normalized spacial score (nSPS) is 16.7. The molecule has 1 aromatic rings. The molecule has 0 aromatic heterocycles. The largest absolute Gasteiger partial charge is 0.324 e. The molecular formula is C11H12BrN. The number of fused-ring (bicyclic) bond motifs is 1. The second kappa shape index (κ2) is 3.28. The second-order valence-corrected chi connectivity index (χ2v) is 4.44. The molecule has 0 radical (unpaired) electrons. The number of rotatable bonds is 1. The molecule has 0 bridgehead atoms. The maximum absolute atomic E-state index is 5.84. The first-order chi connectivity index (χ1) is 6.16. The molecule has 1 atom stereocenters. The maximum Gasteiger partial charge on any atom is 0.0231 e. The summed E-state index contributed by atoms with van der Waals surface area (Å²) in [5, 5.41) is 0. The highest BCUT2D eigenvalue weighted by molar-refractivity contribution is 9.10. The van der Waals surface area contributed by atoms with Crippen LogP contribution in [0.15, 0.2) is 28.2 Å². The van der Waals surface area contributed by atoms with E-state index in [0.717, 1.165) is 10.9 Å². The van der Waals surface area contributed by atoms with Gasteiger partial charge >= 0.3 is 0 Å². The van der Waals surface area contributed by atoms with Gasteiger partial charge in [-0.15, -0.1) is 0 Å². The molecule has 0 saturated carbocycles. The molecule has 0 saturated heterocycles. The van der Waals surface area contributed by atoms with Crippen molar-refractivity contribution >= 4 is 22.0 Å². The Kier molecular flexibility index (Phi) is 2.26. The molecule has 1 nitrogen and oxygen atoms in total. The minimum absolute atomic E-state index is 0.172. The summed E-state index contributed by atoms with van der Waals surface area (Å²) in [7, 11) is 0. The van der Waals surface area contributed by atoms with Gasteiger partial charge in [0.25, 0.3) is 0 Å². The zero-order valence-electron chi connectivity index (χ0n) is 7.55. The van der Waals surface area contributed by atoms with Crippen molar-refractivity contribution < 1.29 is 0 Å². The summed E-state index contributed by atoms with van der Waals surface area (Å²) in [5.41, 5.74) is 9.85. The molecule has 2 heteroatoms. The first-order valence-electron chi connectivity index (χ1n) is 4.41. The zero-order chi connectivity index (χ0) is 9.42. The Hall–Kier alpha value is -0.600. The lowest BCUT2D eigenvalue weighted by atomic mass is 10.1. The van der Waals surface area contributed by atoms with Crippen LogP contribution in [0.3, 0.4) is 0 Å². The minimum Gasteiger partial charge on any atom is -0.324 e. The molecule has 1 unspecified atom stereocenters. The van der Waals surface area contributed by atoms with E-state index in [2.05, 4.69) is 40.2 Å². The lowest BCUT2D eigenvalue weighted by Crippen LogP contribution is -2.17. The summed E-state index contributed by atoms with van der Waals surface area (Å²) in [5.74, 6) is 0. The van der Waals surface area contributed by atoms with Gasteiger partial charge in [0, 0.05) is 10.5 Å². The molecule has 13 heavy (non-hydrogen) atoms. The van der Waals surface area contributed by atoms with Crippen LogP contribution >= 0.6 is 15.9 Å². The molecule has 2 rings (SSSR count). The van der Waals surface area contributed by atoms with Crippen LogP contribution in [0.2, 0.25) is 0 Å². The Bertz CT molecular complexity index is 366. The minimum atomic E-state index is 0.172. The van der Waals surface area contributed by atoms with Gasteiger partial charge in [-0.1, -0.05) is 28.1 Å². The Morgan fingerprint density at radius 3 is 2.92 bits per heavy atom. The van der Waals surface area contributed by atoms with Gasteiger partial charge in [0.1, 0.15) is 0 Å². The molecular weight excluding hydrogens is 226 g/mol. The number of halogens is 1. The lowest BCUT2D eigenvalue weighted by Gasteiger charge is -2.04. The lowest BCUT2D eigenvalue weighted by molar-refractivity contribution is 0.841. The van der Waals surface area contributed by atoms with Gasteiger partial charge in [-0.2, -0.15) is 0 Å². The van der Waals surface area contributed by atoms with Crippen LogP contribution < -0.4 is 5.73 Å². The van der Waals surface area contributed by atoms with E-state index in [9.17, 15) is 0 Å². The molecule has 0 spiro atoms. The summed E-state index contributed by atoms with van der Waals surface area (Å²) in [6.07, 6.45) is 3.21. The molecule has 0 fully saturated rings. The SMILES string of the molecule is CC(N)C1=Cc2cc(Br)ccc2C1. The van der Waals surface area contributed by atoms with Gasteiger partial charge in [-0.25, -0.2) is 0 Å². The van der Waals surface area contributed by atoms with Gasteiger partial charge in [-0.05, 0) is 42.2 Å².